The number of hydrogen-bond acceptors (Lipinski definition) is 4. The molecule has 7 heteroatoms. The lowest BCUT2D eigenvalue weighted by atomic mass is 10.2. The molecule has 2 heterocycles. The number of nitrogens with one attached hydrogen (secondary N) is 1. The SMILES string of the molecule is O=c1[nH]c(COc2ccc(Cl)cc2Br)nc2sc3c(c12)CCC3. The summed E-state index contributed by atoms with van der Waals surface area (Å²) in [5.74, 6) is 1.19. The molecule has 0 aliphatic heterocycles. The normalized spacial score (nSPS) is 13.5. The Morgan fingerprint density at radius 1 is 1.39 bits per heavy atom. The van der Waals surface area contributed by atoms with Crippen LogP contribution < -0.4 is 10.3 Å². The number of hydrogen-bond donors (Lipinski definition) is 1. The van der Waals surface area contributed by atoms with Crippen LogP contribution in [0.5, 0.6) is 5.75 Å². The van der Waals surface area contributed by atoms with E-state index >= 15 is 0 Å². The predicted molar refractivity (Wildman–Crippen MR) is 95.7 cm³/mol. The molecule has 0 atom stereocenters. The van der Waals surface area contributed by atoms with Crippen molar-refractivity contribution in [2.75, 3.05) is 0 Å². The quantitative estimate of drug-likeness (QED) is 0.692. The van der Waals surface area contributed by atoms with E-state index < -0.39 is 0 Å². The molecule has 0 bridgehead atoms. The van der Waals surface area contributed by atoms with Crippen LogP contribution in [0.25, 0.3) is 10.2 Å². The van der Waals surface area contributed by atoms with E-state index in [4.69, 9.17) is 16.3 Å². The largest absolute Gasteiger partial charge is 0.485 e. The molecular weight excluding hydrogens is 400 g/mol. The highest BCUT2D eigenvalue weighted by atomic mass is 79.9. The fourth-order valence-corrected chi connectivity index (χ4v) is 4.93. The maximum absolute atomic E-state index is 12.4. The van der Waals surface area contributed by atoms with Crippen molar-refractivity contribution in [1.29, 1.82) is 0 Å². The molecule has 118 valence electrons. The summed E-state index contributed by atoms with van der Waals surface area (Å²) in [6, 6.07) is 5.30. The first-order valence-electron chi connectivity index (χ1n) is 7.23. The van der Waals surface area contributed by atoms with Gasteiger partial charge >= 0.3 is 0 Å². The van der Waals surface area contributed by atoms with Crippen LogP contribution in [0.3, 0.4) is 0 Å². The lowest BCUT2D eigenvalue weighted by Crippen LogP contribution is -2.13. The lowest BCUT2D eigenvalue weighted by Gasteiger charge is -2.08. The van der Waals surface area contributed by atoms with Gasteiger partial charge in [-0.2, -0.15) is 0 Å². The van der Waals surface area contributed by atoms with Crippen molar-refractivity contribution in [1.82, 2.24) is 9.97 Å². The molecule has 0 spiro atoms. The zero-order valence-electron chi connectivity index (χ0n) is 12.0. The molecule has 1 aromatic carbocycles. The van der Waals surface area contributed by atoms with Crippen molar-refractivity contribution >= 4 is 49.1 Å². The van der Waals surface area contributed by atoms with Crippen molar-refractivity contribution < 1.29 is 4.74 Å². The average Bonchev–Trinajstić information content (AvgIpc) is 3.06. The minimum Gasteiger partial charge on any atom is -0.485 e. The Balaban J connectivity index is 1.64. The van der Waals surface area contributed by atoms with Gasteiger partial charge in [0, 0.05) is 9.90 Å². The van der Waals surface area contributed by atoms with E-state index in [-0.39, 0.29) is 12.2 Å². The predicted octanol–water partition coefficient (Wildman–Crippen LogP) is 4.47. The summed E-state index contributed by atoms with van der Waals surface area (Å²) < 4.78 is 6.49. The molecule has 3 aromatic rings. The molecular formula is C16H12BrClN2O2S. The summed E-state index contributed by atoms with van der Waals surface area (Å²) in [7, 11) is 0. The van der Waals surface area contributed by atoms with Crippen molar-refractivity contribution in [3.8, 4) is 5.75 Å². The summed E-state index contributed by atoms with van der Waals surface area (Å²) in [5.41, 5.74) is 1.12. The van der Waals surface area contributed by atoms with Crippen LogP contribution in [0, 0.1) is 0 Å². The van der Waals surface area contributed by atoms with E-state index in [0.29, 0.717) is 16.6 Å². The Hall–Kier alpha value is -1.37. The molecule has 0 saturated heterocycles. The summed E-state index contributed by atoms with van der Waals surface area (Å²) in [5, 5.41) is 1.39. The van der Waals surface area contributed by atoms with Gasteiger partial charge in [0.25, 0.3) is 5.56 Å². The van der Waals surface area contributed by atoms with Crippen molar-refractivity contribution in [2.24, 2.45) is 0 Å². The number of ether oxygens (including phenoxy) is 1. The van der Waals surface area contributed by atoms with Gasteiger partial charge in [-0.3, -0.25) is 4.79 Å². The fourth-order valence-electron chi connectivity index (χ4n) is 2.85. The Morgan fingerprint density at radius 2 is 2.26 bits per heavy atom. The third-order valence-electron chi connectivity index (χ3n) is 3.88. The van der Waals surface area contributed by atoms with Gasteiger partial charge in [-0.25, -0.2) is 4.98 Å². The van der Waals surface area contributed by atoms with Crippen molar-refractivity contribution in [3.05, 3.63) is 54.3 Å². The fraction of sp³-hybridized carbons (Fsp3) is 0.250. The number of halogens is 2. The maximum Gasteiger partial charge on any atom is 0.260 e. The highest BCUT2D eigenvalue weighted by molar-refractivity contribution is 9.10. The summed E-state index contributed by atoms with van der Waals surface area (Å²) in [6.45, 7) is 0.202. The average molecular weight is 412 g/mol. The zero-order chi connectivity index (χ0) is 16.0. The van der Waals surface area contributed by atoms with Crippen LogP contribution in [-0.4, -0.2) is 9.97 Å². The van der Waals surface area contributed by atoms with Gasteiger partial charge in [-0.05, 0) is 59.0 Å². The standard InChI is InChI=1S/C16H12BrClN2O2S/c17-10-6-8(18)4-5-11(10)22-7-13-19-15(21)14-9-2-1-3-12(9)23-16(14)20-13/h4-6H,1-3,7H2,(H,19,20,21). The minimum absolute atomic E-state index is 0.0665. The first-order chi connectivity index (χ1) is 11.1. The summed E-state index contributed by atoms with van der Waals surface area (Å²) in [4.78, 5) is 21.9. The first-order valence-corrected chi connectivity index (χ1v) is 9.22. The summed E-state index contributed by atoms with van der Waals surface area (Å²) in [6.07, 6.45) is 3.17. The van der Waals surface area contributed by atoms with E-state index in [1.165, 1.54) is 10.4 Å². The van der Waals surface area contributed by atoms with Crippen LogP contribution in [-0.2, 0) is 19.4 Å². The second-order valence-corrected chi connectivity index (χ2v) is 7.79. The van der Waals surface area contributed by atoms with E-state index in [1.54, 1.807) is 29.5 Å². The smallest absolute Gasteiger partial charge is 0.260 e. The van der Waals surface area contributed by atoms with E-state index in [1.807, 2.05) is 0 Å². The Morgan fingerprint density at radius 3 is 3.09 bits per heavy atom. The third kappa shape index (κ3) is 2.79. The van der Waals surface area contributed by atoms with Crippen molar-refractivity contribution in [3.63, 3.8) is 0 Å². The minimum atomic E-state index is -0.0665. The molecule has 1 aliphatic carbocycles. The molecule has 4 rings (SSSR count). The van der Waals surface area contributed by atoms with Gasteiger partial charge < -0.3 is 9.72 Å². The molecule has 2 aromatic heterocycles. The van der Waals surface area contributed by atoms with Gasteiger partial charge in [0.05, 0.1) is 9.86 Å². The first kappa shape index (κ1) is 15.2. The van der Waals surface area contributed by atoms with Gasteiger partial charge in [0.15, 0.2) is 0 Å². The van der Waals surface area contributed by atoms with Gasteiger partial charge in [0.1, 0.15) is 23.0 Å². The monoisotopic (exact) mass is 410 g/mol. The maximum atomic E-state index is 12.4. The van der Waals surface area contributed by atoms with Crippen LogP contribution in [0.1, 0.15) is 22.7 Å². The van der Waals surface area contributed by atoms with Crippen LogP contribution in [0.2, 0.25) is 5.02 Å². The van der Waals surface area contributed by atoms with Gasteiger partial charge in [-0.15, -0.1) is 11.3 Å². The van der Waals surface area contributed by atoms with Crippen molar-refractivity contribution in [2.45, 2.75) is 25.9 Å². The summed E-state index contributed by atoms with van der Waals surface area (Å²) >= 11 is 10.9. The third-order valence-corrected chi connectivity index (χ3v) is 5.92. The lowest BCUT2D eigenvalue weighted by molar-refractivity contribution is 0.294. The van der Waals surface area contributed by atoms with Gasteiger partial charge in [-0.1, -0.05) is 11.6 Å². The molecule has 4 nitrogen and oxygen atoms in total. The second-order valence-electron chi connectivity index (χ2n) is 5.41. The molecule has 1 N–H and O–H groups in total. The van der Waals surface area contributed by atoms with E-state index in [2.05, 4.69) is 25.9 Å². The molecule has 0 unspecified atom stereocenters. The van der Waals surface area contributed by atoms with Crippen LogP contribution in [0.15, 0.2) is 27.5 Å². The Bertz CT molecular complexity index is 967. The van der Waals surface area contributed by atoms with E-state index in [9.17, 15) is 4.79 Å². The van der Waals surface area contributed by atoms with Crippen LogP contribution in [0.4, 0.5) is 0 Å². The Labute approximate surface area is 149 Å². The van der Waals surface area contributed by atoms with Crippen LogP contribution >= 0.6 is 38.9 Å². The number of nitrogens with zero attached hydrogens (tertiary/aromatic N) is 1. The highest BCUT2D eigenvalue weighted by Crippen LogP contribution is 2.34. The molecule has 0 radical (unpaired) electrons. The molecule has 0 amide bonds. The van der Waals surface area contributed by atoms with E-state index in [0.717, 1.165) is 34.0 Å². The number of fused-ring (bicyclic) bond motifs is 3. The molecule has 23 heavy (non-hydrogen) atoms. The number of rotatable bonds is 3. The number of aryl methyl sites for hydroxylation is 2. The number of benzene rings is 1. The topological polar surface area (TPSA) is 55.0 Å². The number of aromatic amines is 1. The number of H-pyrrole nitrogens is 1. The number of aromatic nitrogens is 2. The second kappa shape index (κ2) is 5.92. The zero-order valence-corrected chi connectivity index (χ0v) is 15.1. The van der Waals surface area contributed by atoms with Gasteiger partial charge in [0.2, 0.25) is 0 Å². The molecule has 1 aliphatic rings. The molecule has 0 fully saturated rings. The number of thiophene rings is 1. The highest BCUT2D eigenvalue weighted by Gasteiger charge is 2.21. The molecule has 0 saturated carbocycles. The Kier molecular flexibility index (Phi) is 3.91.